The van der Waals surface area contributed by atoms with Gasteiger partial charge < -0.3 is 10.4 Å². The molecule has 2 N–H and O–H groups in total. The van der Waals surface area contributed by atoms with Crippen molar-refractivity contribution in [3.63, 3.8) is 0 Å². The zero-order valence-electron chi connectivity index (χ0n) is 9.56. The van der Waals surface area contributed by atoms with Gasteiger partial charge in [-0.1, -0.05) is 43.1 Å². The highest BCUT2D eigenvalue weighted by Crippen LogP contribution is 2.30. The van der Waals surface area contributed by atoms with Gasteiger partial charge in [0.1, 0.15) is 0 Å². The maximum atomic E-state index is 10.1. The molecule has 0 spiro atoms. The molecule has 1 aromatic rings. The van der Waals surface area contributed by atoms with Crippen molar-refractivity contribution in [1.29, 1.82) is 0 Å². The van der Waals surface area contributed by atoms with Crippen LogP contribution in [0.2, 0.25) is 10.0 Å². The largest absolute Gasteiger partial charge is 0.388 e. The first-order chi connectivity index (χ1) is 7.52. The summed E-state index contributed by atoms with van der Waals surface area (Å²) in [6.07, 6.45) is 1.39. The number of aliphatic hydroxyl groups is 1. The zero-order valence-corrected chi connectivity index (χ0v) is 11.1. The SMILES string of the molecule is CCC(O)(CC)CNc1c(Cl)cccc1Cl. The van der Waals surface area contributed by atoms with E-state index in [1.807, 2.05) is 13.8 Å². The maximum absolute atomic E-state index is 10.1. The van der Waals surface area contributed by atoms with E-state index in [4.69, 9.17) is 23.2 Å². The maximum Gasteiger partial charge on any atom is 0.0814 e. The molecule has 0 atom stereocenters. The number of anilines is 1. The average molecular weight is 262 g/mol. The number of rotatable bonds is 5. The van der Waals surface area contributed by atoms with Crippen LogP contribution in [0, 0.1) is 0 Å². The lowest BCUT2D eigenvalue weighted by Gasteiger charge is -2.26. The molecule has 0 radical (unpaired) electrons. The monoisotopic (exact) mass is 261 g/mol. The van der Waals surface area contributed by atoms with Crippen LogP contribution in [0.5, 0.6) is 0 Å². The van der Waals surface area contributed by atoms with Crippen LogP contribution < -0.4 is 5.32 Å². The predicted octanol–water partition coefficient (Wildman–Crippen LogP) is 3.96. The Bertz CT molecular complexity index is 331. The Balaban J connectivity index is 2.75. The Labute approximate surface area is 107 Å². The van der Waals surface area contributed by atoms with Crippen molar-refractivity contribution >= 4 is 28.9 Å². The van der Waals surface area contributed by atoms with E-state index < -0.39 is 5.60 Å². The second-order valence-corrected chi connectivity index (χ2v) is 4.70. The summed E-state index contributed by atoms with van der Waals surface area (Å²) in [5, 5.41) is 14.4. The Morgan fingerprint density at radius 2 is 1.69 bits per heavy atom. The molecule has 0 aliphatic carbocycles. The third-order valence-corrected chi connectivity index (χ3v) is 3.50. The van der Waals surface area contributed by atoms with Crippen molar-refractivity contribution in [3.05, 3.63) is 28.2 Å². The first-order valence-electron chi connectivity index (χ1n) is 5.42. The van der Waals surface area contributed by atoms with Crippen molar-refractivity contribution in [2.24, 2.45) is 0 Å². The average Bonchev–Trinajstić information content (AvgIpc) is 2.28. The smallest absolute Gasteiger partial charge is 0.0814 e. The second kappa shape index (κ2) is 5.76. The molecule has 0 saturated heterocycles. The third-order valence-electron chi connectivity index (χ3n) is 2.87. The van der Waals surface area contributed by atoms with Gasteiger partial charge in [-0.2, -0.15) is 0 Å². The van der Waals surface area contributed by atoms with Crippen LogP contribution in [0.15, 0.2) is 18.2 Å². The van der Waals surface area contributed by atoms with Gasteiger partial charge in [-0.3, -0.25) is 0 Å². The van der Waals surface area contributed by atoms with Crippen molar-refractivity contribution < 1.29 is 5.11 Å². The molecule has 0 fully saturated rings. The Morgan fingerprint density at radius 3 is 2.12 bits per heavy atom. The van der Waals surface area contributed by atoms with Crippen molar-refractivity contribution in [3.8, 4) is 0 Å². The third kappa shape index (κ3) is 3.27. The number of hydrogen-bond acceptors (Lipinski definition) is 2. The second-order valence-electron chi connectivity index (χ2n) is 3.88. The van der Waals surface area contributed by atoms with Crippen molar-refractivity contribution in [2.45, 2.75) is 32.3 Å². The topological polar surface area (TPSA) is 32.3 Å². The van der Waals surface area contributed by atoms with Gasteiger partial charge in [-0.25, -0.2) is 0 Å². The van der Waals surface area contributed by atoms with E-state index in [1.54, 1.807) is 18.2 Å². The molecule has 2 nitrogen and oxygen atoms in total. The van der Waals surface area contributed by atoms with Crippen LogP contribution in [0.1, 0.15) is 26.7 Å². The van der Waals surface area contributed by atoms with E-state index in [2.05, 4.69) is 5.32 Å². The van der Waals surface area contributed by atoms with Crippen molar-refractivity contribution in [1.82, 2.24) is 0 Å². The zero-order chi connectivity index (χ0) is 12.2. The normalized spacial score (nSPS) is 11.6. The van der Waals surface area contributed by atoms with E-state index in [0.29, 0.717) is 35.1 Å². The summed E-state index contributed by atoms with van der Waals surface area (Å²) >= 11 is 12.0. The van der Waals surface area contributed by atoms with Crippen LogP contribution in [-0.2, 0) is 0 Å². The highest BCUT2D eigenvalue weighted by molar-refractivity contribution is 6.39. The standard InChI is InChI=1S/C12H17Cl2NO/c1-3-12(16,4-2)8-15-11-9(13)6-5-7-10(11)14/h5-7,15-16H,3-4,8H2,1-2H3. The molecule has 1 rings (SSSR count). The van der Waals surface area contributed by atoms with Gasteiger partial charge in [-0.05, 0) is 25.0 Å². The van der Waals surface area contributed by atoms with Gasteiger partial charge in [0.05, 0.1) is 21.3 Å². The lowest BCUT2D eigenvalue weighted by atomic mass is 9.97. The summed E-state index contributed by atoms with van der Waals surface area (Å²) in [6, 6.07) is 5.33. The number of hydrogen-bond donors (Lipinski definition) is 2. The summed E-state index contributed by atoms with van der Waals surface area (Å²) in [5.41, 5.74) is -0.0196. The van der Waals surface area contributed by atoms with Crippen LogP contribution in [0.25, 0.3) is 0 Å². The van der Waals surface area contributed by atoms with Gasteiger partial charge in [0, 0.05) is 6.54 Å². The Morgan fingerprint density at radius 1 is 1.19 bits per heavy atom. The molecule has 0 unspecified atom stereocenters. The minimum atomic E-state index is -0.706. The number of halogens is 2. The molecule has 16 heavy (non-hydrogen) atoms. The molecule has 0 bridgehead atoms. The predicted molar refractivity (Wildman–Crippen MR) is 70.5 cm³/mol. The summed E-state index contributed by atoms with van der Waals surface area (Å²) < 4.78 is 0. The highest BCUT2D eigenvalue weighted by Gasteiger charge is 2.22. The van der Waals surface area contributed by atoms with E-state index in [1.165, 1.54) is 0 Å². The van der Waals surface area contributed by atoms with E-state index in [9.17, 15) is 5.11 Å². The van der Waals surface area contributed by atoms with Gasteiger partial charge in [0.2, 0.25) is 0 Å². The lowest BCUT2D eigenvalue weighted by Crippen LogP contribution is -2.35. The first-order valence-corrected chi connectivity index (χ1v) is 6.18. The summed E-state index contributed by atoms with van der Waals surface area (Å²) in [6.45, 7) is 4.36. The van der Waals surface area contributed by atoms with Crippen LogP contribution >= 0.6 is 23.2 Å². The molecule has 1 aromatic carbocycles. The molecule has 90 valence electrons. The van der Waals surface area contributed by atoms with Crippen LogP contribution in [-0.4, -0.2) is 17.3 Å². The Hall–Kier alpha value is -0.440. The fourth-order valence-corrected chi connectivity index (χ4v) is 1.95. The molecule has 0 aliphatic rings. The van der Waals surface area contributed by atoms with Gasteiger partial charge in [0.25, 0.3) is 0 Å². The molecular weight excluding hydrogens is 245 g/mol. The first kappa shape index (κ1) is 13.6. The summed E-state index contributed by atoms with van der Waals surface area (Å²) in [4.78, 5) is 0. The molecule has 4 heteroatoms. The van der Waals surface area contributed by atoms with Crippen LogP contribution in [0.4, 0.5) is 5.69 Å². The molecule has 0 aromatic heterocycles. The highest BCUT2D eigenvalue weighted by atomic mass is 35.5. The fourth-order valence-electron chi connectivity index (χ4n) is 1.42. The van der Waals surface area contributed by atoms with E-state index in [-0.39, 0.29) is 0 Å². The summed E-state index contributed by atoms with van der Waals surface area (Å²) in [5.74, 6) is 0. The quantitative estimate of drug-likeness (QED) is 0.841. The molecule has 0 amide bonds. The van der Waals surface area contributed by atoms with Crippen LogP contribution in [0.3, 0.4) is 0 Å². The molecule has 0 heterocycles. The fraction of sp³-hybridized carbons (Fsp3) is 0.500. The van der Waals surface area contributed by atoms with Gasteiger partial charge in [-0.15, -0.1) is 0 Å². The minimum Gasteiger partial charge on any atom is -0.388 e. The summed E-state index contributed by atoms with van der Waals surface area (Å²) in [7, 11) is 0. The molecule has 0 aliphatic heterocycles. The van der Waals surface area contributed by atoms with Crippen molar-refractivity contribution in [2.75, 3.05) is 11.9 Å². The lowest BCUT2D eigenvalue weighted by molar-refractivity contribution is 0.0457. The molecular formula is C12H17Cl2NO. The number of para-hydroxylation sites is 1. The number of benzene rings is 1. The van der Waals surface area contributed by atoms with E-state index in [0.717, 1.165) is 0 Å². The number of nitrogens with one attached hydrogen (secondary N) is 1. The minimum absolute atomic E-state index is 0.448. The van der Waals surface area contributed by atoms with E-state index >= 15 is 0 Å². The van der Waals surface area contributed by atoms with Gasteiger partial charge >= 0.3 is 0 Å². The molecule has 0 saturated carbocycles. The Kier molecular flexibility index (Phi) is 4.90. The van der Waals surface area contributed by atoms with Gasteiger partial charge in [0.15, 0.2) is 0 Å².